The summed E-state index contributed by atoms with van der Waals surface area (Å²) in [5.41, 5.74) is 3.87. The molecule has 2 atom stereocenters. The van der Waals surface area contributed by atoms with Crippen LogP contribution in [-0.2, 0) is 6.42 Å². The monoisotopic (exact) mass is 250 g/mol. The van der Waals surface area contributed by atoms with E-state index in [-0.39, 0.29) is 19.0 Å². The lowest BCUT2D eigenvalue weighted by Crippen LogP contribution is -2.17. The molecule has 1 aliphatic rings. The van der Waals surface area contributed by atoms with Gasteiger partial charge in [0, 0.05) is 12.2 Å². The van der Waals surface area contributed by atoms with E-state index in [1.165, 1.54) is 0 Å². The number of carbonyl (C=O) groups is 1. The van der Waals surface area contributed by atoms with Crippen LogP contribution in [0.15, 0.2) is 6.07 Å². The molecule has 4 heteroatoms. The van der Waals surface area contributed by atoms with Crippen molar-refractivity contribution in [2.24, 2.45) is 5.92 Å². The molecule has 0 heterocycles. The molecular weight excluding hydrogens is 232 g/mol. The molecule has 0 bridgehead atoms. The maximum absolute atomic E-state index is 12.1. The highest BCUT2D eigenvalue weighted by molar-refractivity contribution is 6.04. The van der Waals surface area contributed by atoms with Crippen molar-refractivity contribution < 1.29 is 20.1 Å². The van der Waals surface area contributed by atoms with Crippen LogP contribution in [0.1, 0.15) is 38.7 Å². The Hall–Kier alpha value is -1.23. The second-order valence-electron chi connectivity index (χ2n) is 4.83. The average molecular weight is 250 g/mol. The number of aliphatic hydroxyl groups excluding tert-OH is 3. The van der Waals surface area contributed by atoms with E-state index in [2.05, 4.69) is 0 Å². The van der Waals surface area contributed by atoms with Crippen LogP contribution in [0.4, 0.5) is 0 Å². The third-order valence-corrected chi connectivity index (χ3v) is 3.81. The molecule has 98 valence electrons. The fourth-order valence-corrected chi connectivity index (χ4v) is 2.84. The van der Waals surface area contributed by atoms with Crippen LogP contribution in [0, 0.1) is 19.8 Å². The second-order valence-corrected chi connectivity index (χ2v) is 4.83. The molecule has 18 heavy (non-hydrogen) atoms. The van der Waals surface area contributed by atoms with Crippen molar-refractivity contribution in [3.05, 3.63) is 33.9 Å². The number of benzene rings is 1. The van der Waals surface area contributed by atoms with Crippen molar-refractivity contribution in [1.29, 1.82) is 0 Å². The standard InChI is InChI=1S/C14H18O4/c1-7-5-10-12(8(2)9(7)3-4-15)14(18)11(6-16)13(10)17/h5,11,13,15-17H,3-4,6H2,1-2H3. The summed E-state index contributed by atoms with van der Waals surface area (Å²) in [7, 11) is 0. The number of aliphatic hydroxyl groups is 3. The molecule has 0 aliphatic heterocycles. The molecule has 0 spiro atoms. The van der Waals surface area contributed by atoms with Crippen molar-refractivity contribution in [3.8, 4) is 0 Å². The summed E-state index contributed by atoms with van der Waals surface area (Å²) in [5, 5.41) is 28.3. The molecule has 2 unspecified atom stereocenters. The van der Waals surface area contributed by atoms with Gasteiger partial charge in [-0.15, -0.1) is 0 Å². The molecule has 0 aromatic heterocycles. The van der Waals surface area contributed by atoms with Crippen LogP contribution in [0.3, 0.4) is 0 Å². The third kappa shape index (κ3) is 1.77. The van der Waals surface area contributed by atoms with Gasteiger partial charge in [0.15, 0.2) is 5.78 Å². The van der Waals surface area contributed by atoms with Crippen molar-refractivity contribution in [2.75, 3.05) is 13.2 Å². The SMILES string of the molecule is Cc1cc2c(c(C)c1CCO)C(=O)C(CO)C2O. The summed E-state index contributed by atoms with van der Waals surface area (Å²) in [4.78, 5) is 12.1. The lowest BCUT2D eigenvalue weighted by molar-refractivity contribution is 0.0592. The number of rotatable bonds is 3. The first kappa shape index (κ1) is 13.2. The fourth-order valence-electron chi connectivity index (χ4n) is 2.84. The van der Waals surface area contributed by atoms with E-state index in [1.807, 2.05) is 13.8 Å². The summed E-state index contributed by atoms with van der Waals surface area (Å²) in [5.74, 6) is -0.945. The number of Topliss-reactive ketones (excluding diaryl/α,β-unsaturated/α-hetero) is 1. The Kier molecular flexibility index (Phi) is 3.52. The number of aryl methyl sites for hydroxylation is 1. The van der Waals surface area contributed by atoms with Crippen LogP contribution in [0.5, 0.6) is 0 Å². The molecule has 2 rings (SSSR count). The van der Waals surface area contributed by atoms with Crippen LogP contribution >= 0.6 is 0 Å². The highest BCUT2D eigenvalue weighted by Crippen LogP contribution is 2.39. The minimum absolute atomic E-state index is 0.0284. The van der Waals surface area contributed by atoms with Gasteiger partial charge in [-0.2, -0.15) is 0 Å². The Labute approximate surface area is 106 Å². The Morgan fingerprint density at radius 1 is 1.28 bits per heavy atom. The quantitative estimate of drug-likeness (QED) is 0.737. The molecule has 1 aromatic carbocycles. The van der Waals surface area contributed by atoms with Crippen molar-refractivity contribution in [2.45, 2.75) is 26.4 Å². The molecule has 0 saturated heterocycles. The number of fused-ring (bicyclic) bond motifs is 1. The molecule has 4 nitrogen and oxygen atoms in total. The minimum Gasteiger partial charge on any atom is -0.396 e. The molecule has 0 saturated carbocycles. The van der Waals surface area contributed by atoms with Gasteiger partial charge in [0.2, 0.25) is 0 Å². The maximum atomic E-state index is 12.1. The summed E-state index contributed by atoms with van der Waals surface area (Å²) in [6.07, 6.45) is -0.420. The van der Waals surface area contributed by atoms with E-state index < -0.39 is 12.0 Å². The van der Waals surface area contributed by atoms with Crippen LogP contribution < -0.4 is 0 Å². The maximum Gasteiger partial charge on any atom is 0.171 e. The summed E-state index contributed by atoms with van der Waals surface area (Å²) in [6.45, 7) is 3.42. The average Bonchev–Trinajstić information content (AvgIpc) is 2.56. The van der Waals surface area contributed by atoms with Gasteiger partial charge in [-0.3, -0.25) is 4.79 Å². The van der Waals surface area contributed by atoms with E-state index in [1.54, 1.807) is 6.07 Å². The highest BCUT2D eigenvalue weighted by Gasteiger charge is 2.40. The zero-order chi connectivity index (χ0) is 13.4. The van der Waals surface area contributed by atoms with Gasteiger partial charge in [0.25, 0.3) is 0 Å². The van der Waals surface area contributed by atoms with Crippen LogP contribution in [0.2, 0.25) is 0 Å². The molecule has 3 N–H and O–H groups in total. The third-order valence-electron chi connectivity index (χ3n) is 3.81. The van der Waals surface area contributed by atoms with Gasteiger partial charge in [-0.25, -0.2) is 0 Å². The Bertz CT molecular complexity index is 493. The largest absolute Gasteiger partial charge is 0.396 e. The van der Waals surface area contributed by atoms with Crippen LogP contribution in [0.25, 0.3) is 0 Å². The summed E-state index contributed by atoms with van der Waals surface area (Å²) in [6, 6.07) is 1.80. The van der Waals surface area contributed by atoms with E-state index in [0.717, 1.165) is 16.7 Å². The topological polar surface area (TPSA) is 77.8 Å². The van der Waals surface area contributed by atoms with Crippen molar-refractivity contribution in [3.63, 3.8) is 0 Å². The molecular formula is C14H18O4. The lowest BCUT2D eigenvalue weighted by Gasteiger charge is -2.14. The fraction of sp³-hybridized carbons (Fsp3) is 0.500. The van der Waals surface area contributed by atoms with Gasteiger partial charge in [0.1, 0.15) is 0 Å². The summed E-state index contributed by atoms with van der Waals surface area (Å²) >= 11 is 0. The van der Waals surface area contributed by atoms with Crippen LogP contribution in [-0.4, -0.2) is 34.3 Å². The Balaban J connectivity index is 2.61. The molecule has 0 radical (unpaired) electrons. The van der Waals surface area contributed by atoms with E-state index in [4.69, 9.17) is 5.11 Å². The number of carbonyl (C=O) groups excluding carboxylic acids is 1. The zero-order valence-corrected chi connectivity index (χ0v) is 10.6. The molecule has 0 fully saturated rings. The van der Waals surface area contributed by atoms with Crippen molar-refractivity contribution >= 4 is 5.78 Å². The predicted molar refractivity (Wildman–Crippen MR) is 66.6 cm³/mol. The normalized spacial score (nSPS) is 22.4. The van der Waals surface area contributed by atoms with E-state index in [0.29, 0.717) is 17.5 Å². The van der Waals surface area contributed by atoms with Gasteiger partial charge >= 0.3 is 0 Å². The second kappa shape index (κ2) is 4.80. The van der Waals surface area contributed by atoms with Gasteiger partial charge in [-0.1, -0.05) is 6.07 Å². The van der Waals surface area contributed by atoms with E-state index in [9.17, 15) is 15.0 Å². The minimum atomic E-state index is -0.918. The van der Waals surface area contributed by atoms with Crippen molar-refractivity contribution in [1.82, 2.24) is 0 Å². The smallest absolute Gasteiger partial charge is 0.171 e. The van der Waals surface area contributed by atoms with Gasteiger partial charge in [0.05, 0.1) is 18.6 Å². The number of hydrogen-bond acceptors (Lipinski definition) is 4. The summed E-state index contributed by atoms with van der Waals surface area (Å²) < 4.78 is 0. The first-order valence-corrected chi connectivity index (χ1v) is 6.09. The predicted octanol–water partition coefficient (Wildman–Crippen LogP) is 0.676. The molecule has 0 amide bonds. The lowest BCUT2D eigenvalue weighted by atomic mass is 9.92. The first-order chi connectivity index (χ1) is 8.52. The van der Waals surface area contributed by atoms with Gasteiger partial charge in [-0.05, 0) is 42.5 Å². The van der Waals surface area contributed by atoms with E-state index >= 15 is 0 Å². The van der Waals surface area contributed by atoms with Gasteiger partial charge < -0.3 is 15.3 Å². The highest BCUT2D eigenvalue weighted by atomic mass is 16.3. The number of ketones is 1. The zero-order valence-electron chi connectivity index (χ0n) is 10.6. The number of hydrogen-bond donors (Lipinski definition) is 3. The molecule has 1 aromatic rings. The Morgan fingerprint density at radius 2 is 1.94 bits per heavy atom. The first-order valence-electron chi connectivity index (χ1n) is 6.09. The Morgan fingerprint density at radius 3 is 2.50 bits per heavy atom. The molecule has 1 aliphatic carbocycles.